The summed E-state index contributed by atoms with van der Waals surface area (Å²) < 4.78 is 5.22. The van der Waals surface area contributed by atoms with Gasteiger partial charge in [-0.2, -0.15) is 0 Å². The maximum absolute atomic E-state index is 13.4. The molecule has 2 atom stereocenters. The molecule has 1 aliphatic rings. The van der Waals surface area contributed by atoms with E-state index in [1.807, 2.05) is 54.6 Å². The Balaban J connectivity index is 0.00000408. The summed E-state index contributed by atoms with van der Waals surface area (Å²) >= 11 is 0. The Morgan fingerprint density at radius 1 is 1.06 bits per heavy atom. The fourth-order valence-corrected chi connectivity index (χ4v) is 4.38. The van der Waals surface area contributed by atoms with Gasteiger partial charge in [0.25, 0.3) is 0 Å². The van der Waals surface area contributed by atoms with Crippen molar-refractivity contribution in [2.24, 2.45) is 0 Å². The number of amides is 1. The molecule has 34 heavy (non-hydrogen) atoms. The molecule has 0 fully saturated rings. The predicted octanol–water partition coefficient (Wildman–Crippen LogP) is 3.03. The minimum atomic E-state index is -1.06. The van der Waals surface area contributed by atoms with E-state index in [1.165, 1.54) is 4.90 Å². The summed E-state index contributed by atoms with van der Waals surface area (Å²) in [7, 11) is 0. The zero-order chi connectivity index (χ0) is 23.8. The number of halogens is 1. The SMILES string of the molecule is CCOC(=O)C(CCc1ccccc1)N[C@@H](C)C(=O)N(CC(=O)O)C1Cc2ccccc2C1.Cl. The van der Waals surface area contributed by atoms with Gasteiger partial charge < -0.3 is 14.7 Å². The first kappa shape index (κ1) is 27.3. The highest BCUT2D eigenvalue weighted by Gasteiger charge is 2.34. The maximum Gasteiger partial charge on any atom is 0.323 e. The Kier molecular flexibility index (Phi) is 10.5. The van der Waals surface area contributed by atoms with Gasteiger partial charge in [-0.05, 0) is 56.2 Å². The monoisotopic (exact) mass is 488 g/mol. The number of benzene rings is 2. The number of aliphatic carboxylic acids is 1. The van der Waals surface area contributed by atoms with Gasteiger partial charge in [0, 0.05) is 6.04 Å². The number of hydrogen-bond acceptors (Lipinski definition) is 5. The van der Waals surface area contributed by atoms with Crippen LogP contribution in [0.15, 0.2) is 54.6 Å². The zero-order valence-corrected chi connectivity index (χ0v) is 20.4. The Bertz CT molecular complexity index is 944. The van der Waals surface area contributed by atoms with Crippen LogP contribution in [0.3, 0.4) is 0 Å². The molecule has 1 aliphatic carbocycles. The first-order chi connectivity index (χ1) is 15.9. The first-order valence-electron chi connectivity index (χ1n) is 11.4. The predicted molar refractivity (Wildman–Crippen MR) is 132 cm³/mol. The van der Waals surface area contributed by atoms with Crippen molar-refractivity contribution < 1.29 is 24.2 Å². The van der Waals surface area contributed by atoms with Crippen LogP contribution < -0.4 is 5.32 Å². The summed E-state index contributed by atoms with van der Waals surface area (Å²) in [5, 5.41) is 12.6. The highest BCUT2D eigenvalue weighted by atomic mass is 35.5. The molecule has 8 heteroatoms. The maximum atomic E-state index is 13.4. The molecule has 2 aromatic carbocycles. The molecule has 3 rings (SSSR count). The molecular formula is C26H33ClN2O5. The van der Waals surface area contributed by atoms with E-state index in [0.29, 0.717) is 25.7 Å². The van der Waals surface area contributed by atoms with Gasteiger partial charge in [-0.3, -0.25) is 19.7 Å². The van der Waals surface area contributed by atoms with Crippen LogP contribution >= 0.6 is 12.4 Å². The van der Waals surface area contributed by atoms with Crippen molar-refractivity contribution in [2.45, 2.75) is 57.7 Å². The van der Waals surface area contributed by atoms with Crippen molar-refractivity contribution in [1.29, 1.82) is 0 Å². The molecule has 0 bridgehead atoms. The number of nitrogens with one attached hydrogen (secondary N) is 1. The highest BCUT2D eigenvalue weighted by Crippen LogP contribution is 2.26. The standard InChI is InChI=1S/C26H32N2O5.ClH/c1-3-33-26(32)23(14-13-19-9-5-4-6-10-19)27-18(2)25(31)28(17-24(29)30)22-15-20-11-7-8-12-21(20)16-22;/h4-12,18,22-23,27H,3,13-17H2,1-2H3,(H,29,30);1H/t18-,23?;/m0./s1. The van der Waals surface area contributed by atoms with Crippen LogP contribution in [0.25, 0.3) is 0 Å². The largest absolute Gasteiger partial charge is 0.480 e. The number of carboxylic acids is 1. The van der Waals surface area contributed by atoms with Crippen LogP contribution in [-0.4, -0.2) is 59.1 Å². The number of rotatable bonds is 11. The van der Waals surface area contributed by atoms with Crippen molar-refractivity contribution >= 4 is 30.3 Å². The molecule has 0 radical (unpaired) electrons. The normalized spacial score (nSPS) is 14.4. The second-order valence-corrected chi connectivity index (χ2v) is 8.41. The molecule has 1 amide bonds. The van der Waals surface area contributed by atoms with Crippen molar-refractivity contribution in [3.63, 3.8) is 0 Å². The molecule has 1 unspecified atom stereocenters. The second-order valence-electron chi connectivity index (χ2n) is 8.41. The van der Waals surface area contributed by atoms with Gasteiger partial charge in [0.2, 0.25) is 5.91 Å². The third-order valence-corrected chi connectivity index (χ3v) is 6.02. The van der Waals surface area contributed by atoms with E-state index < -0.39 is 24.0 Å². The van der Waals surface area contributed by atoms with E-state index in [-0.39, 0.29) is 37.5 Å². The van der Waals surface area contributed by atoms with Crippen LogP contribution in [0.4, 0.5) is 0 Å². The third kappa shape index (κ3) is 7.30. The first-order valence-corrected chi connectivity index (χ1v) is 11.4. The molecule has 0 saturated heterocycles. The summed E-state index contributed by atoms with van der Waals surface area (Å²) in [5.74, 6) is -1.80. The molecule has 2 N–H and O–H groups in total. The summed E-state index contributed by atoms with van der Waals surface area (Å²) in [4.78, 5) is 38.9. The number of carbonyl (C=O) groups excluding carboxylic acids is 2. The second kappa shape index (κ2) is 13.1. The van der Waals surface area contributed by atoms with E-state index in [2.05, 4.69) is 5.32 Å². The highest BCUT2D eigenvalue weighted by molar-refractivity contribution is 5.86. The van der Waals surface area contributed by atoms with Crippen molar-refractivity contribution in [3.05, 3.63) is 71.3 Å². The number of fused-ring (bicyclic) bond motifs is 1. The lowest BCUT2D eigenvalue weighted by Crippen LogP contribution is -2.54. The van der Waals surface area contributed by atoms with E-state index >= 15 is 0 Å². The van der Waals surface area contributed by atoms with Gasteiger partial charge in [-0.1, -0.05) is 54.6 Å². The van der Waals surface area contributed by atoms with Crippen LogP contribution in [0.5, 0.6) is 0 Å². The summed E-state index contributed by atoms with van der Waals surface area (Å²) in [6.07, 6.45) is 2.36. The van der Waals surface area contributed by atoms with Crippen LogP contribution in [0, 0.1) is 0 Å². The lowest BCUT2D eigenvalue weighted by Gasteiger charge is -2.31. The summed E-state index contributed by atoms with van der Waals surface area (Å²) in [5.41, 5.74) is 3.36. The minimum Gasteiger partial charge on any atom is -0.480 e. The molecule has 184 valence electrons. The number of esters is 1. The lowest BCUT2D eigenvalue weighted by molar-refractivity contribution is -0.149. The van der Waals surface area contributed by atoms with E-state index in [0.717, 1.165) is 16.7 Å². The van der Waals surface area contributed by atoms with Crippen LogP contribution in [-0.2, 0) is 38.4 Å². The number of carbonyl (C=O) groups is 3. The molecule has 2 aromatic rings. The van der Waals surface area contributed by atoms with E-state index in [9.17, 15) is 19.5 Å². The molecule has 7 nitrogen and oxygen atoms in total. The average molecular weight is 489 g/mol. The molecule has 0 saturated carbocycles. The Morgan fingerprint density at radius 2 is 1.65 bits per heavy atom. The molecule has 0 spiro atoms. The Morgan fingerprint density at radius 3 is 2.21 bits per heavy atom. The fraction of sp³-hybridized carbons (Fsp3) is 0.423. The number of hydrogen-bond donors (Lipinski definition) is 2. The van der Waals surface area contributed by atoms with Gasteiger partial charge in [0.15, 0.2) is 0 Å². The number of carboxylic acid groups (broad SMARTS) is 1. The quantitative estimate of drug-likeness (QED) is 0.472. The van der Waals surface area contributed by atoms with Gasteiger partial charge >= 0.3 is 11.9 Å². The van der Waals surface area contributed by atoms with Gasteiger partial charge in [0.1, 0.15) is 12.6 Å². The zero-order valence-electron chi connectivity index (χ0n) is 19.6. The Hall–Kier alpha value is -2.90. The van der Waals surface area contributed by atoms with Crippen molar-refractivity contribution in [3.8, 4) is 0 Å². The summed E-state index contributed by atoms with van der Waals surface area (Å²) in [6.45, 7) is 3.29. The smallest absolute Gasteiger partial charge is 0.323 e. The van der Waals surface area contributed by atoms with Gasteiger partial charge in [-0.15, -0.1) is 12.4 Å². The topological polar surface area (TPSA) is 95.9 Å². The molecule has 0 aromatic heterocycles. The molecular weight excluding hydrogens is 456 g/mol. The van der Waals surface area contributed by atoms with Crippen LogP contribution in [0.2, 0.25) is 0 Å². The number of ether oxygens (including phenoxy) is 1. The lowest BCUT2D eigenvalue weighted by atomic mass is 10.0. The summed E-state index contributed by atoms with van der Waals surface area (Å²) in [6, 6.07) is 16.1. The molecule has 0 aliphatic heterocycles. The van der Waals surface area contributed by atoms with Gasteiger partial charge in [0.05, 0.1) is 12.6 Å². The van der Waals surface area contributed by atoms with E-state index in [4.69, 9.17) is 4.74 Å². The third-order valence-electron chi connectivity index (χ3n) is 6.02. The average Bonchev–Trinajstić information content (AvgIpc) is 3.24. The number of nitrogens with zero attached hydrogens (tertiary/aromatic N) is 1. The number of aryl methyl sites for hydroxylation is 1. The molecule has 0 heterocycles. The van der Waals surface area contributed by atoms with Gasteiger partial charge in [-0.25, -0.2) is 0 Å². The van der Waals surface area contributed by atoms with Crippen LogP contribution in [0.1, 0.15) is 37.0 Å². The minimum absolute atomic E-state index is 0. The van der Waals surface area contributed by atoms with Crippen molar-refractivity contribution in [1.82, 2.24) is 10.2 Å². The van der Waals surface area contributed by atoms with E-state index in [1.54, 1.807) is 13.8 Å². The Labute approximate surface area is 206 Å². The van der Waals surface area contributed by atoms with Crippen molar-refractivity contribution in [2.75, 3.05) is 13.2 Å². The fourth-order valence-electron chi connectivity index (χ4n) is 4.38.